The lowest BCUT2D eigenvalue weighted by Crippen LogP contribution is -2.26. The van der Waals surface area contributed by atoms with E-state index in [0.29, 0.717) is 23.1 Å². The van der Waals surface area contributed by atoms with Gasteiger partial charge in [-0.25, -0.2) is 5.43 Å². The van der Waals surface area contributed by atoms with Gasteiger partial charge in [-0.2, -0.15) is 5.10 Å². The zero-order valence-corrected chi connectivity index (χ0v) is 23.3. The van der Waals surface area contributed by atoms with Crippen LogP contribution in [-0.4, -0.2) is 27.7 Å². The molecule has 2 aromatic carbocycles. The predicted molar refractivity (Wildman–Crippen MR) is 146 cm³/mol. The van der Waals surface area contributed by atoms with E-state index in [1.807, 2.05) is 41.7 Å². The summed E-state index contributed by atoms with van der Waals surface area (Å²) in [5, 5.41) is 5.29. The molecule has 1 aliphatic rings. The Morgan fingerprint density at radius 3 is 2.53 bits per heavy atom. The summed E-state index contributed by atoms with van der Waals surface area (Å²) < 4.78 is 7.85. The SMILES string of the molecule is CC1(CC(=O)N/N=C\c2cc(I)c(OCc3ccc(Cl)cc3Cl)c(I)c2)SCCS1. The molecule has 4 nitrogen and oxygen atoms in total. The largest absolute Gasteiger partial charge is 0.487 e. The van der Waals surface area contributed by atoms with Crippen LogP contribution in [0.4, 0.5) is 0 Å². The number of ether oxygens (including phenoxy) is 1. The number of nitrogens with zero attached hydrogens (tertiary/aromatic N) is 1. The molecule has 0 saturated carbocycles. The molecule has 1 fully saturated rings. The highest BCUT2D eigenvalue weighted by atomic mass is 127. The van der Waals surface area contributed by atoms with Crippen LogP contribution in [-0.2, 0) is 11.4 Å². The first-order chi connectivity index (χ1) is 14.3. The standard InChI is InChI=1S/C20H18Cl2I2N2O2S2/c1-20(29-4-5-30-20)9-18(27)26-25-10-12-6-16(23)19(17(24)7-12)28-11-13-2-3-14(21)8-15(13)22/h2-3,6-8,10H,4-5,9,11H2,1H3,(H,26,27)/b25-10-. The highest BCUT2D eigenvalue weighted by molar-refractivity contribution is 14.1. The molecule has 30 heavy (non-hydrogen) atoms. The fraction of sp³-hybridized carbons (Fsp3) is 0.300. The Labute approximate surface area is 221 Å². The topological polar surface area (TPSA) is 50.7 Å². The van der Waals surface area contributed by atoms with Crippen molar-refractivity contribution >= 4 is 104 Å². The van der Waals surface area contributed by atoms with Crippen molar-refractivity contribution in [3.63, 3.8) is 0 Å². The normalized spacial score (nSPS) is 15.5. The van der Waals surface area contributed by atoms with Gasteiger partial charge in [0.1, 0.15) is 12.4 Å². The molecule has 3 rings (SSSR count). The summed E-state index contributed by atoms with van der Waals surface area (Å²) in [4.78, 5) is 12.2. The second-order valence-electron chi connectivity index (χ2n) is 6.64. The fourth-order valence-electron chi connectivity index (χ4n) is 2.75. The van der Waals surface area contributed by atoms with Crippen molar-refractivity contribution < 1.29 is 9.53 Å². The van der Waals surface area contributed by atoms with Gasteiger partial charge in [0.2, 0.25) is 5.91 Å². The predicted octanol–water partition coefficient (Wildman–Crippen LogP) is 6.82. The molecule has 0 atom stereocenters. The van der Waals surface area contributed by atoms with Crippen molar-refractivity contribution in [3.8, 4) is 5.75 Å². The molecular weight excluding hydrogens is 689 g/mol. The number of amides is 1. The molecule has 0 unspecified atom stereocenters. The number of rotatable bonds is 7. The van der Waals surface area contributed by atoms with Crippen LogP contribution >= 0.6 is 91.9 Å². The molecule has 10 heteroatoms. The van der Waals surface area contributed by atoms with E-state index in [2.05, 4.69) is 62.6 Å². The number of halogens is 4. The average Bonchev–Trinajstić information content (AvgIpc) is 3.08. The minimum atomic E-state index is -0.0696. The van der Waals surface area contributed by atoms with Crippen LogP contribution in [0.2, 0.25) is 10.0 Å². The lowest BCUT2D eigenvalue weighted by atomic mass is 10.2. The van der Waals surface area contributed by atoms with Crippen LogP contribution in [0, 0.1) is 7.14 Å². The van der Waals surface area contributed by atoms with Gasteiger partial charge >= 0.3 is 0 Å². The summed E-state index contributed by atoms with van der Waals surface area (Å²) in [7, 11) is 0. The minimum absolute atomic E-state index is 0.0453. The quantitative estimate of drug-likeness (QED) is 0.195. The number of benzene rings is 2. The van der Waals surface area contributed by atoms with Gasteiger partial charge in [0.05, 0.1) is 23.9 Å². The zero-order valence-electron chi connectivity index (χ0n) is 15.9. The molecule has 1 amide bonds. The van der Waals surface area contributed by atoms with E-state index >= 15 is 0 Å². The van der Waals surface area contributed by atoms with Gasteiger partial charge in [-0.1, -0.05) is 29.3 Å². The van der Waals surface area contributed by atoms with E-state index in [9.17, 15) is 4.79 Å². The maximum Gasteiger partial charge on any atom is 0.242 e. The van der Waals surface area contributed by atoms with Crippen molar-refractivity contribution in [1.29, 1.82) is 0 Å². The molecule has 0 radical (unpaired) electrons. The van der Waals surface area contributed by atoms with Gasteiger partial charge in [0.15, 0.2) is 0 Å². The number of nitrogens with one attached hydrogen (secondary N) is 1. The van der Waals surface area contributed by atoms with E-state index in [1.165, 1.54) is 0 Å². The maximum absolute atomic E-state index is 12.2. The highest BCUT2D eigenvalue weighted by Crippen LogP contribution is 2.45. The molecular formula is C20H18Cl2I2N2O2S2. The van der Waals surface area contributed by atoms with Gasteiger partial charge in [0.25, 0.3) is 0 Å². The molecule has 0 aromatic heterocycles. The summed E-state index contributed by atoms with van der Waals surface area (Å²) in [5.74, 6) is 2.90. The number of carbonyl (C=O) groups is 1. The van der Waals surface area contributed by atoms with Gasteiger partial charge in [-0.3, -0.25) is 4.79 Å². The van der Waals surface area contributed by atoms with Crippen molar-refractivity contribution in [2.45, 2.75) is 24.0 Å². The fourth-order valence-corrected chi connectivity index (χ4v) is 8.17. The van der Waals surface area contributed by atoms with E-state index in [4.69, 9.17) is 27.9 Å². The van der Waals surface area contributed by atoms with Crippen molar-refractivity contribution in [3.05, 3.63) is 58.6 Å². The first kappa shape index (κ1) is 24.8. The third-order valence-corrected chi connectivity index (χ3v) is 9.67. The van der Waals surface area contributed by atoms with Crippen LogP contribution in [0.15, 0.2) is 35.4 Å². The van der Waals surface area contributed by atoms with E-state index < -0.39 is 0 Å². The second kappa shape index (κ2) is 11.3. The van der Waals surface area contributed by atoms with E-state index in [0.717, 1.165) is 35.5 Å². The van der Waals surface area contributed by atoms with Crippen molar-refractivity contribution in [2.75, 3.05) is 11.5 Å². The molecule has 1 saturated heterocycles. The summed E-state index contributed by atoms with van der Waals surface area (Å²) in [6, 6.07) is 9.27. The Balaban J connectivity index is 1.59. The summed E-state index contributed by atoms with van der Waals surface area (Å²) in [5.41, 5.74) is 4.39. The highest BCUT2D eigenvalue weighted by Gasteiger charge is 2.32. The van der Waals surface area contributed by atoms with Gasteiger partial charge < -0.3 is 4.74 Å². The van der Waals surface area contributed by atoms with Crippen molar-refractivity contribution in [2.24, 2.45) is 5.10 Å². The number of hydrogen-bond acceptors (Lipinski definition) is 5. The molecule has 1 N–H and O–H groups in total. The van der Waals surface area contributed by atoms with Gasteiger partial charge in [-0.15, -0.1) is 23.5 Å². The van der Waals surface area contributed by atoms with Crippen LogP contribution in [0.3, 0.4) is 0 Å². The van der Waals surface area contributed by atoms with Gasteiger partial charge in [0, 0.05) is 27.1 Å². The summed E-state index contributed by atoms with van der Waals surface area (Å²) >= 11 is 20.3. The number of carbonyl (C=O) groups excluding carboxylic acids is 1. The molecule has 160 valence electrons. The Morgan fingerprint density at radius 2 is 1.90 bits per heavy atom. The number of thioether (sulfide) groups is 2. The van der Waals surface area contributed by atoms with Crippen molar-refractivity contribution in [1.82, 2.24) is 5.43 Å². The molecule has 0 aliphatic carbocycles. The molecule has 0 spiro atoms. The van der Waals surface area contributed by atoms with Gasteiger partial charge in [-0.05, 0) is 81.9 Å². The zero-order chi connectivity index (χ0) is 21.7. The Morgan fingerprint density at radius 1 is 1.23 bits per heavy atom. The Kier molecular flexibility index (Phi) is 9.33. The second-order valence-corrected chi connectivity index (χ2v) is 13.3. The molecule has 1 heterocycles. The smallest absolute Gasteiger partial charge is 0.242 e. The lowest BCUT2D eigenvalue weighted by molar-refractivity contribution is -0.121. The minimum Gasteiger partial charge on any atom is -0.487 e. The maximum atomic E-state index is 12.2. The monoisotopic (exact) mass is 706 g/mol. The molecule has 1 aliphatic heterocycles. The third kappa shape index (κ3) is 7.06. The number of hydrogen-bond donors (Lipinski definition) is 1. The Bertz CT molecular complexity index is 947. The average molecular weight is 707 g/mol. The third-order valence-electron chi connectivity index (χ3n) is 4.19. The first-order valence-electron chi connectivity index (χ1n) is 8.91. The first-order valence-corrected chi connectivity index (χ1v) is 13.8. The van der Waals surface area contributed by atoms with E-state index in [1.54, 1.807) is 18.3 Å². The van der Waals surface area contributed by atoms with Crippen LogP contribution in [0.5, 0.6) is 5.75 Å². The van der Waals surface area contributed by atoms with Crippen LogP contribution < -0.4 is 10.2 Å². The number of hydrazone groups is 1. The summed E-state index contributed by atoms with van der Waals surface area (Å²) in [6.45, 7) is 2.46. The van der Waals surface area contributed by atoms with Crippen LogP contribution in [0.1, 0.15) is 24.5 Å². The Hall–Kier alpha value is 0.120. The lowest BCUT2D eigenvalue weighted by Gasteiger charge is -2.19. The van der Waals surface area contributed by atoms with Crippen LogP contribution in [0.25, 0.3) is 0 Å². The van der Waals surface area contributed by atoms with E-state index in [-0.39, 0.29) is 9.99 Å². The molecule has 2 aromatic rings. The summed E-state index contributed by atoms with van der Waals surface area (Å²) in [6.07, 6.45) is 2.11. The molecule has 0 bridgehead atoms.